The van der Waals surface area contributed by atoms with Crippen LogP contribution in [0.5, 0.6) is 0 Å². The standard InChI is InChI=1S/C22H28N2O2/c1-16-14-17(2)23(3)21(25)20(16)22(26)24-13-7-10-19(15-24)12-11-18-8-5-4-6-9-18/h4-6,8-9,14,19H,7,10-13,15H2,1-3H3/t19-/m1/s1. The molecular formula is C22H28N2O2. The zero-order valence-corrected chi connectivity index (χ0v) is 16.0. The quantitative estimate of drug-likeness (QED) is 0.845. The molecule has 26 heavy (non-hydrogen) atoms. The van der Waals surface area contributed by atoms with Gasteiger partial charge in [-0.2, -0.15) is 0 Å². The lowest BCUT2D eigenvalue weighted by molar-refractivity contribution is 0.0665. The summed E-state index contributed by atoms with van der Waals surface area (Å²) in [4.78, 5) is 27.5. The van der Waals surface area contributed by atoms with E-state index in [1.807, 2.05) is 30.9 Å². The van der Waals surface area contributed by atoms with Crippen LogP contribution in [0.3, 0.4) is 0 Å². The van der Waals surface area contributed by atoms with Crippen LogP contribution in [0.1, 0.15) is 46.4 Å². The molecule has 0 unspecified atom stereocenters. The molecule has 1 aliphatic rings. The summed E-state index contributed by atoms with van der Waals surface area (Å²) in [5.74, 6) is 0.398. The molecule has 0 spiro atoms. The molecule has 4 nitrogen and oxygen atoms in total. The smallest absolute Gasteiger partial charge is 0.263 e. The van der Waals surface area contributed by atoms with Crippen molar-refractivity contribution < 1.29 is 4.79 Å². The topological polar surface area (TPSA) is 42.3 Å². The largest absolute Gasteiger partial charge is 0.338 e. The highest BCUT2D eigenvalue weighted by atomic mass is 16.2. The Morgan fingerprint density at radius 1 is 1.19 bits per heavy atom. The molecule has 0 bridgehead atoms. The zero-order valence-electron chi connectivity index (χ0n) is 16.0. The van der Waals surface area contributed by atoms with Crippen molar-refractivity contribution in [2.24, 2.45) is 13.0 Å². The van der Waals surface area contributed by atoms with E-state index >= 15 is 0 Å². The number of hydrogen-bond acceptors (Lipinski definition) is 2. The second-order valence-electron chi connectivity index (χ2n) is 7.49. The summed E-state index contributed by atoms with van der Waals surface area (Å²) in [6.45, 7) is 5.25. The Morgan fingerprint density at radius 2 is 1.92 bits per heavy atom. The van der Waals surface area contributed by atoms with E-state index in [0.717, 1.165) is 50.0 Å². The number of aryl methyl sites for hydroxylation is 3. The number of carbonyl (C=O) groups excluding carboxylic acids is 1. The monoisotopic (exact) mass is 352 g/mol. The fourth-order valence-corrected chi connectivity index (χ4v) is 3.90. The Hall–Kier alpha value is -2.36. The number of likely N-dealkylation sites (tertiary alicyclic amines) is 1. The number of amides is 1. The van der Waals surface area contributed by atoms with E-state index in [-0.39, 0.29) is 11.5 Å². The van der Waals surface area contributed by atoms with E-state index in [4.69, 9.17) is 0 Å². The van der Waals surface area contributed by atoms with Crippen LogP contribution in [0.4, 0.5) is 0 Å². The first-order chi connectivity index (χ1) is 12.5. The average Bonchev–Trinajstić information content (AvgIpc) is 2.65. The summed E-state index contributed by atoms with van der Waals surface area (Å²) in [5.41, 5.74) is 3.16. The number of rotatable bonds is 4. The lowest BCUT2D eigenvalue weighted by Gasteiger charge is -2.33. The van der Waals surface area contributed by atoms with Gasteiger partial charge in [0.2, 0.25) is 0 Å². The highest BCUT2D eigenvalue weighted by Gasteiger charge is 2.27. The van der Waals surface area contributed by atoms with Gasteiger partial charge in [-0.1, -0.05) is 30.3 Å². The molecule has 1 saturated heterocycles. The SMILES string of the molecule is Cc1cc(C)n(C)c(=O)c1C(=O)N1CCC[C@H](CCc2ccccc2)C1. The summed E-state index contributed by atoms with van der Waals surface area (Å²) in [5, 5.41) is 0. The van der Waals surface area contributed by atoms with E-state index < -0.39 is 0 Å². The van der Waals surface area contributed by atoms with Gasteiger partial charge in [0.15, 0.2) is 0 Å². The maximum atomic E-state index is 13.0. The Labute approximate surface area is 155 Å². The van der Waals surface area contributed by atoms with Crippen LogP contribution >= 0.6 is 0 Å². The molecule has 1 fully saturated rings. The Morgan fingerprint density at radius 3 is 2.65 bits per heavy atom. The van der Waals surface area contributed by atoms with Gasteiger partial charge in [0.05, 0.1) is 0 Å². The molecule has 4 heteroatoms. The van der Waals surface area contributed by atoms with Gasteiger partial charge in [-0.15, -0.1) is 0 Å². The first-order valence-electron chi connectivity index (χ1n) is 9.48. The fraction of sp³-hybridized carbons (Fsp3) is 0.455. The van der Waals surface area contributed by atoms with Gasteiger partial charge in [0, 0.05) is 25.8 Å². The minimum atomic E-state index is -0.182. The van der Waals surface area contributed by atoms with Crippen LogP contribution in [0.25, 0.3) is 0 Å². The van der Waals surface area contributed by atoms with Gasteiger partial charge in [0.1, 0.15) is 5.56 Å². The second-order valence-corrected chi connectivity index (χ2v) is 7.49. The third-order valence-corrected chi connectivity index (χ3v) is 5.57. The van der Waals surface area contributed by atoms with Crippen molar-refractivity contribution in [3.63, 3.8) is 0 Å². The molecule has 1 atom stereocenters. The number of pyridine rings is 1. The Kier molecular flexibility index (Phi) is 5.60. The average molecular weight is 352 g/mol. The van der Waals surface area contributed by atoms with Crippen molar-refractivity contribution in [3.05, 3.63) is 69.1 Å². The number of benzene rings is 1. The third-order valence-electron chi connectivity index (χ3n) is 5.57. The fourth-order valence-electron chi connectivity index (χ4n) is 3.90. The molecule has 3 rings (SSSR count). The van der Waals surface area contributed by atoms with Crippen molar-refractivity contribution in [1.82, 2.24) is 9.47 Å². The Balaban J connectivity index is 1.71. The number of aromatic nitrogens is 1. The van der Waals surface area contributed by atoms with E-state index in [9.17, 15) is 9.59 Å². The van der Waals surface area contributed by atoms with E-state index in [0.29, 0.717) is 11.5 Å². The molecule has 1 aliphatic heterocycles. The summed E-state index contributed by atoms with van der Waals surface area (Å²) >= 11 is 0. The molecule has 1 aromatic heterocycles. The number of piperidine rings is 1. The van der Waals surface area contributed by atoms with Crippen LogP contribution in [-0.2, 0) is 13.5 Å². The first kappa shape index (κ1) is 18.4. The molecule has 2 heterocycles. The maximum Gasteiger partial charge on any atom is 0.263 e. The molecule has 1 amide bonds. The van der Waals surface area contributed by atoms with Gasteiger partial charge in [-0.25, -0.2) is 0 Å². The van der Waals surface area contributed by atoms with Gasteiger partial charge >= 0.3 is 0 Å². The van der Waals surface area contributed by atoms with Crippen LogP contribution in [0, 0.1) is 19.8 Å². The minimum Gasteiger partial charge on any atom is -0.338 e. The maximum absolute atomic E-state index is 13.0. The van der Waals surface area contributed by atoms with Crippen LogP contribution in [0.15, 0.2) is 41.2 Å². The van der Waals surface area contributed by atoms with Crippen molar-refractivity contribution in [2.45, 2.75) is 39.5 Å². The first-order valence-corrected chi connectivity index (χ1v) is 9.48. The molecule has 0 radical (unpaired) electrons. The highest BCUT2D eigenvalue weighted by Crippen LogP contribution is 2.23. The number of carbonyl (C=O) groups is 1. The normalized spacial score (nSPS) is 17.3. The van der Waals surface area contributed by atoms with Crippen LogP contribution in [0.2, 0.25) is 0 Å². The van der Waals surface area contributed by atoms with Crippen LogP contribution in [-0.4, -0.2) is 28.5 Å². The van der Waals surface area contributed by atoms with Crippen molar-refractivity contribution >= 4 is 5.91 Å². The van der Waals surface area contributed by atoms with E-state index in [1.54, 1.807) is 11.6 Å². The van der Waals surface area contributed by atoms with Crippen molar-refractivity contribution in [1.29, 1.82) is 0 Å². The second kappa shape index (κ2) is 7.90. The predicted octanol–water partition coefficient (Wildman–Crippen LogP) is 3.49. The molecule has 1 aromatic carbocycles. The van der Waals surface area contributed by atoms with Crippen molar-refractivity contribution in [2.75, 3.05) is 13.1 Å². The van der Waals surface area contributed by atoms with E-state index in [1.165, 1.54) is 5.56 Å². The summed E-state index contributed by atoms with van der Waals surface area (Å²) in [6.07, 6.45) is 4.29. The van der Waals surface area contributed by atoms with Gasteiger partial charge < -0.3 is 9.47 Å². The number of nitrogens with zero attached hydrogens (tertiary/aromatic N) is 2. The predicted molar refractivity (Wildman–Crippen MR) is 105 cm³/mol. The molecule has 2 aromatic rings. The van der Waals surface area contributed by atoms with Gasteiger partial charge in [-0.3, -0.25) is 9.59 Å². The molecule has 0 N–H and O–H groups in total. The third kappa shape index (κ3) is 3.90. The molecule has 0 aliphatic carbocycles. The number of hydrogen-bond donors (Lipinski definition) is 0. The van der Waals surface area contributed by atoms with Gasteiger partial charge in [0.25, 0.3) is 11.5 Å². The minimum absolute atomic E-state index is 0.104. The summed E-state index contributed by atoms with van der Waals surface area (Å²) in [7, 11) is 1.73. The van der Waals surface area contributed by atoms with Crippen LogP contribution < -0.4 is 5.56 Å². The van der Waals surface area contributed by atoms with Gasteiger partial charge in [-0.05, 0) is 62.6 Å². The lowest BCUT2D eigenvalue weighted by atomic mass is 9.91. The summed E-state index contributed by atoms with van der Waals surface area (Å²) in [6, 6.07) is 12.4. The zero-order chi connectivity index (χ0) is 18.7. The Bertz CT molecular complexity index is 839. The van der Waals surface area contributed by atoms with Crippen molar-refractivity contribution in [3.8, 4) is 0 Å². The van der Waals surface area contributed by atoms with E-state index in [2.05, 4.69) is 24.3 Å². The molecule has 0 saturated carbocycles. The highest BCUT2D eigenvalue weighted by molar-refractivity contribution is 5.95. The lowest BCUT2D eigenvalue weighted by Crippen LogP contribution is -2.43. The molecular weight excluding hydrogens is 324 g/mol. The molecule has 138 valence electrons. The summed E-state index contributed by atoms with van der Waals surface area (Å²) < 4.78 is 1.57.